The molecule has 0 aliphatic heterocycles. The minimum Gasteiger partial charge on any atom is -0.437 e. The van der Waals surface area contributed by atoms with Gasteiger partial charge in [0, 0.05) is 18.0 Å². The van der Waals surface area contributed by atoms with Gasteiger partial charge >= 0.3 is 0 Å². The Morgan fingerprint density at radius 1 is 1.08 bits per heavy atom. The number of rotatable bonds is 5. The molecule has 0 unspecified atom stereocenters. The van der Waals surface area contributed by atoms with Crippen molar-refractivity contribution >= 4 is 34.3 Å². The average molecular weight is 367 g/mol. The van der Waals surface area contributed by atoms with Gasteiger partial charge in [-0.15, -0.1) is 0 Å². The molecule has 0 radical (unpaired) electrons. The summed E-state index contributed by atoms with van der Waals surface area (Å²) in [5, 5.41) is 3.77. The molecule has 3 aromatic heterocycles. The lowest BCUT2D eigenvalue weighted by Crippen LogP contribution is -2.02. The molecule has 0 saturated carbocycles. The van der Waals surface area contributed by atoms with Crippen molar-refractivity contribution in [1.29, 1.82) is 0 Å². The highest BCUT2D eigenvalue weighted by atomic mass is 35.5. The third-order valence-corrected chi connectivity index (χ3v) is 3.89. The van der Waals surface area contributed by atoms with E-state index in [2.05, 4.69) is 25.3 Å². The second-order valence-corrected chi connectivity index (χ2v) is 6.05. The predicted octanol–water partition coefficient (Wildman–Crippen LogP) is 3.99. The van der Waals surface area contributed by atoms with Crippen LogP contribution in [0.4, 0.5) is 11.6 Å². The Bertz CT molecular complexity index is 1030. The van der Waals surface area contributed by atoms with Gasteiger partial charge in [0.05, 0.1) is 34.5 Å². The Labute approximate surface area is 154 Å². The first-order valence-corrected chi connectivity index (χ1v) is 8.27. The van der Waals surface area contributed by atoms with E-state index in [9.17, 15) is 0 Å². The van der Waals surface area contributed by atoms with Crippen molar-refractivity contribution in [1.82, 2.24) is 19.9 Å². The number of nitrogen functional groups attached to an aromatic ring is 1. The number of hydrogen-bond acceptors (Lipinski definition) is 6. The molecule has 0 aliphatic carbocycles. The summed E-state index contributed by atoms with van der Waals surface area (Å²) in [6.07, 6.45) is 3.18. The van der Waals surface area contributed by atoms with Gasteiger partial charge in [0.2, 0.25) is 11.8 Å². The number of benzene rings is 1. The van der Waals surface area contributed by atoms with Crippen molar-refractivity contribution in [2.75, 3.05) is 11.1 Å². The number of ether oxygens (including phenoxy) is 1. The van der Waals surface area contributed by atoms with Crippen LogP contribution in [0.2, 0.25) is 5.02 Å². The van der Waals surface area contributed by atoms with Crippen LogP contribution in [0.5, 0.6) is 11.6 Å². The maximum absolute atomic E-state index is 5.80. The van der Waals surface area contributed by atoms with Gasteiger partial charge in [-0.1, -0.05) is 11.6 Å². The highest BCUT2D eigenvalue weighted by Crippen LogP contribution is 2.20. The molecule has 0 bridgehead atoms. The lowest BCUT2D eigenvalue weighted by atomic mass is 10.3. The topological polar surface area (TPSA) is 102 Å². The van der Waals surface area contributed by atoms with E-state index in [0.717, 1.165) is 16.7 Å². The number of anilines is 2. The Morgan fingerprint density at radius 2 is 2.00 bits per heavy atom. The lowest BCUT2D eigenvalue weighted by molar-refractivity contribution is 0.460. The highest BCUT2D eigenvalue weighted by molar-refractivity contribution is 6.30. The minimum atomic E-state index is 0.462. The van der Waals surface area contributed by atoms with Crippen LogP contribution < -0.4 is 15.8 Å². The maximum atomic E-state index is 5.80. The molecule has 7 nitrogen and oxygen atoms in total. The molecular formula is C18H15ClN6O. The van der Waals surface area contributed by atoms with Gasteiger partial charge < -0.3 is 20.8 Å². The van der Waals surface area contributed by atoms with Crippen LogP contribution >= 0.6 is 11.6 Å². The molecule has 0 spiro atoms. The van der Waals surface area contributed by atoms with Crippen LogP contribution in [-0.2, 0) is 6.54 Å². The minimum absolute atomic E-state index is 0.462. The van der Waals surface area contributed by atoms with Crippen LogP contribution in [0.25, 0.3) is 11.0 Å². The van der Waals surface area contributed by atoms with Crippen molar-refractivity contribution in [3.63, 3.8) is 0 Å². The molecular weight excluding hydrogens is 352 g/mol. The molecule has 0 aliphatic rings. The zero-order valence-electron chi connectivity index (χ0n) is 13.6. The first kappa shape index (κ1) is 16.2. The van der Waals surface area contributed by atoms with Gasteiger partial charge in [0.1, 0.15) is 5.75 Å². The van der Waals surface area contributed by atoms with E-state index in [1.165, 1.54) is 6.20 Å². The van der Waals surface area contributed by atoms with Crippen molar-refractivity contribution in [2.45, 2.75) is 6.54 Å². The van der Waals surface area contributed by atoms with Gasteiger partial charge in [-0.25, -0.2) is 9.97 Å². The third kappa shape index (κ3) is 3.68. The van der Waals surface area contributed by atoms with Gasteiger partial charge in [-0.2, -0.15) is 0 Å². The lowest BCUT2D eigenvalue weighted by Gasteiger charge is -2.06. The number of pyridine rings is 2. The van der Waals surface area contributed by atoms with E-state index in [4.69, 9.17) is 22.1 Å². The zero-order chi connectivity index (χ0) is 17.9. The normalized spacial score (nSPS) is 10.8. The number of H-pyrrole nitrogens is 1. The van der Waals surface area contributed by atoms with Gasteiger partial charge in [0.15, 0.2) is 0 Å². The molecule has 0 fully saturated rings. The summed E-state index contributed by atoms with van der Waals surface area (Å²) >= 11 is 5.80. The van der Waals surface area contributed by atoms with Crippen molar-refractivity contribution in [2.24, 2.45) is 0 Å². The maximum Gasteiger partial charge on any atom is 0.219 e. The summed E-state index contributed by atoms with van der Waals surface area (Å²) in [5.41, 5.74) is 9.06. The molecule has 4 N–H and O–H groups in total. The van der Waals surface area contributed by atoms with E-state index in [1.54, 1.807) is 18.3 Å². The summed E-state index contributed by atoms with van der Waals surface area (Å²) in [6.45, 7) is 0.523. The number of fused-ring (bicyclic) bond motifs is 1. The van der Waals surface area contributed by atoms with Crippen LogP contribution in [0.15, 0.2) is 54.9 Å². The number of hydrogen-bond donors (Lipinski definition) is 3. The summed E-state index contributed by atoms with van der Waals surface area (Å²) in [6, 6.07) is 12.7. The Hall–Kier alpha value is -3.32. The molecule has 26 heavy (non-hydrogen) atoms. The average Bonchev–Trinajstić information content (AvgIpc) is 3.05. The smallest absolute Gasteiger partial charge is 0.219 e. The van der Waals surface area contributed by atoms with Crippen molar-refractivity contribution in [3.8, 4) is 11.6 Å². The Kier molecular flexibility index (Phi) is 4.28. The largest absolute Gasteiger partial charge is 0.437 e. The number of aromatic nitrogens is 4. The van der Waals surface area contributed by atoms with Crippen molar-refractivity contribution < 1.29 is 4.74 Å². The fraction of sp³-hybridized carbons (Fsp3) is 0.0556. The quantitative estimate of drug-likeness (QED) is 0.461. The summed E-state index contributed by atoms with van der Waals surface area (Å²) in [7, 11) is 0. The molecule has 0 saturated heterocycles. The molecule has 130 valence electrons. The van der Waals surface area contributed by atoms with Crippen LogP contribution in [0.3, 0.4) is 0 Å². The number of halogens is 1. The Morgan fingerprint density at radius 3 is 2.77 bits per heavy atom. The van der Waals surface area contributed by atoms with Crippen molar-refractivity contribution in [3.05, 3.63) is 65.6 Å². The third-order valence-electron chi connectivity index (χ3n) is 3.66. The fourth-order valence-corrected chi connectivity index (χ4v) is 2.52. The van der Waals surface area contributed by atoms with E-state index < -0.39 is 0 Å². The second kappa shape index (κ2) is 6.89. The Balaban J connectivity index is 1.39. The monoisotopic (exact) mass is 366 g/mol. The zero-order valence-corrected chi connectivity index (χ0v) is 14.4. The van der Waals surface area contributed by atoms with E-state index in [-0.39, 0.29) is 0 Å². The molecule has 0 atom stereocenters. The van der Waals surface area contributed by atoms with E-state index >= 15 is 0 Å². The van der Waals surface area contributed by atoms with Crippen LogP contribution in [0.1, 0.15) is 5.69 Å². The number of imidazole rings is 1. The summed E-state index contributed by atoms with van der Waals surface area (Å²) in [5.74, 6) is 1.73. The van der Waals surface area contributed by atoms with Gasteiger partial charge in [-0.05, 0) is 36.4 Å². The standard InChI is InChI=1S/C18H15ClN6O/c19-11-1-6-17(22-8-11)26-14-4-3-13(21-10-14)9-23-18-24-15-5-2-12(20)7-16(15)25-18/h1-8,10H,9,20H2,(H2,23,24,25). The molecule has 0 amide bonds. The highest BCUT2D eigenvalue weighted by Gasteiger charge is 2.04. The summed E-state index contributed by atoms with van der Waals surface area (Å²) < 4.78 is 5.62. The number of nitrogens with zero attached hydrogens (tertiary/aromatic N) is 3. The van der Waals surface area contributed by atoms with Gasteiger partial charge in [-0.3, -0.25) is 4.98 Å². The number of nitrogens with one attached hydrogen (secondary N) is 2. The van der Waals surface area contributed by atoms with E-state index in [0.29, 0.717) is 34.8 Å². The predicted molar refractivity (Wildman–Crippen MR) is 101 cm³/mol. The molecule has 8 heteroatoms. The van der Waals surface area contributed by atoms with Gasteiger partial charge in [0.25, 0.3) is 0 Å². The summed E-state index contributed by atoms with van der Waals surface area (Å²) in [4.78, 5) is 16.1. The van der Waals surface area contributed by atoms with Crippen LogP contribution in [-0.4, -0.2) is 19.9 Å². The van der Waals surface area contributed by atoms with E-state index in [1.807, 2.05) is 30.3 Å². The fourth-order valence-electron chi connectivity index (χ4n) is 2.40. The SMILES string of the molecule is Nc1ccc2nc(NCc3ccc(Oc4ccc(Cl)cn4)cn3)[nH]c2c1. The molecule has 3 heterocycles. The number of nitrogens with two attached hydrogens (primary N) is 1. The number of aromatic amines is 1. The first-order valence-electron chi connectivity index (χ1n) is 7.89. The molecule has 4 aromatic rings. The molecule has 1 aromatic carbocycles. The molecule has 4 rings (SSSR count). The second-order valence-electron chi connectivity index (χ2n) is 5.62. The first-order chi connectivity index (χ1) is 12.7. The van der Waals surface area contributed by atoms with Crippen LogP contribution in [0, 0.1) is 0 Å².